The van der Waals surface area contributed by atoms with Crippen molar-refractivity contribution in [1.29, 1.82) is 0 Å². The van der Waals surface area contributed by atoms with Crippen LogP contribution < -0.4 is 0 Å². The standard InChI is InChI=1S/CH3FO3S.Tm/c2-1-6(3,4)5;/h1H2,(H,3,4,5);. The van der Waals surface area contributed by atoms with Gasteiger partial charge in [0.05, 0.1) is 0 Å². The molecule has 0 fully saturated rings. The third kappa shape index (κ3) is 11.0. The number of hydrogen-bond donors (Lipinski definition) is 1. The van der Waals surface area contributed by atoms with Crippen LogP contribution in [0.2, 0.25) is 0 Å². The van der Waals surface area contributed by atoms with Gasteiger partial charge in [-0.25, -0.2) is 4.39 Å². The molecule has 0 heterocycles. The van der Waals surface area contributed by atoms with Crippen molar-refractivity contribution in [1.82, 2.24) is 0 Å². The van der Waals surface area contributed by atoms with Gasteiger partial charge in [0.25, 0.3) is 10.1 Å². The summed E-state index contributed by atoms with van der Waals surface area (Å²) >= 11 is 0. The van der Waals surface area contributed by atoms with Gasteiger partial charge in [0, 0.05) is 36.9 Å². The van der Waals surface area contributed by atoms with Crippen molar-refractivity contribution < 1.29 is 54.2 Å². The second kappa shape index (κ2) is 4.00. The minimum atomic E-state index is -4.33. The van der Waals surface area contributed by atoms with Gasteiger partial charge in [-0.2, -0.15) is 8.42 Å². The van der Waals surface area contributed by atoms with Gasteiger partial charge in [0.1, 0.15) is 0 Å². The normalized spacial score (nSPS) is 10.0. The van der Waals surface area contributed by atoms with Crippen LogP contribution in [0.25, 0.3) is 0 Å². The van der Waals surface area contributed by atoms with E-state index in [0.717, 1.165) is 0 Å². The zero-order valence-electron chi connectivity index (χ0n) is 3.03. The molecule has 0 rings (SSSR count). The van der Waals surface area contributed by atoms with Crippen LogP contribution in [0.1, 0.15) is 0 Å². The number of rotatable bonds is 1. The minimum absolute atomic E-state index is 0. The first-order chi connectivity index (χ1) is 2.56. The van der Waals surface area contributed by atoms with Gasteiger partial charge in [-0.05, 0) is 0 Å². The minimum Gasteiger partial charge on any atom is -0.284 e. The maximum absolute atomic E-state index is 10.7. The summed E-state index contributed by atoms with van der Waals surface area (Å²) in [6.45, 7) is 0. The van der Waals surface area contributed by atoms with Crippen molar-refractivity contribution in [3.05, 3.63) is 0 Å². The van der Waals surface area contributed by atoms with Crippen LogP contribution in [0.5, 0.6) is 0 Å². The van der Waals surface area contributed by atoms with E-state index in [9.17, 15) is 12.8 Å². The molecule has 0 unspecified atom stereocenters. The largest absolute Gasteiger partial charge is 0.294 e. The van der Waals surface area contributed by atoms with Crippen LogP contribution in [0.3, 0.4) is 0 Å². The molecule has 1 radical (unpaired) electrons. The molecule has 0 saturated heterocycles. The summed E-state index contributed by atoms with van der Waals surface area (Å²) in [4.78, 5) is 0. The Morgan fingerprint density at radius 2 is 1.71 bits per heavy atom. The molecule has 0 aliphatic carbocycles. The predicted octanol–water partition coefficient (Wildman–Crippen LogP) is -0.199. The average Bonchev–Trinajstić information content (AvgIpc) is 1.35. The van der Waals surface area contributed by atoms with Crippen LogP contribution in [0.4, 0.5) is 4.39 Å². The average molecular weight is 283 g/mol. The van der Waals surface area contributed by atoms with Crippen LogP contribution in [0.15, 0.2) is 0 Å². The summed E-state index contributed by atoms with van der Waals surface area (Å²) in [5.74, 6) is 0. The van der Waals surface area contributed by atoms with Gasteiger partial charge in [-0.3, -0.25) is 4.55 Å². The van der Waals surface area contributed by atoms with E-state index in [2.05, 4.69) is 0 Å². The molecule has 0 aliphatic heterocycles. The molecule has 0 aromatic carbocycles. The van der Waals surface area contributed by atoms with Crippen LogP contribution in [0, 0.1) is 36.9 Å². The van der Waals surface area contributed by atoms with Crippen molar-refractivity contribution >= 4 is 10.1 Å². The summed E-state index contributed by atoms with van der Waals surface area (Å²) in [5.41, 5.74) is 0. The zero-order chi connectivity index (χ0) is 5.21. The molecular formula is CH3FO3STm. The summed E-state index contributed by atoms with van der Waals surface area (Å²) in [5, 5.41) is 0. The van der Waals surface area contributed by atoms with Gasteiger partial charge < -0.3 is 0 Å². The Labute approximate surface area is 69.8 Å². The zero-order valence-corrected chi connectivity index (χ0v) is 5.63. The smallest absolute Gasteiger partial charge is 0.284 e. The third-order valence-electron chi connectivity index (χ3n) is 0.138. The van der Waals surface area contributed by atoms with Gasteiger partial charge in [0.15, 0.2) is 0 Å². The first-order valence-electron chi connectivity index (χ1n) is 1.07. The van der Waals surface area contributed by atoms with E-state index in [1.165, 1.54) is 0 Å². The Kier molecular flexibility index (Phi) is 6.26. The van der Waals surface area contributed by atoms with Crippen molar-refractivity contribution in [2.75, 3.05) is 6.01 Å². The van der Waals surface area contributed by atoms with E-state index < -0.39 is 16.1 Å². The van der Waals surface area contributed by atoms with Crippen LogP contribution >= 0.6 is 0 Å². The quantitative estimate of drug-likeness (QED) is 0.678. The molecule has 0 spiro atoms. The van der Waals surface area contributed by atoms with E-state index in [1.54, 1.807) is 0 Å². The number of halogens is 1. The molecule has 51 valence electrons. The number of hydrogen-bond acceptors (Lipinski definition) is 2. The monoisotopic (exact) mass is 283 g/mol. The van der Waals surface area contributed by atoms with Crippen molar-refractivity contribution in [2.45, 2.75) is 0 Å². The molecule has 7 heavy (non-hydrogen) atoms. The molecule has 3 nitrogen and oxygen atoms in total. The van der Waals surface area contributed by atoms with E-state index in [-0.39, 0.29) is 36.9 Å². The fourth-order valence-electron chi connectivity index (χ4n) is 0. The Hall–Kier alpha value is 1.07. The van der Waals surface area contributed by atoms with Gasteiger partial charge >= 0.3 is 0 Å². The molecule has 0 aromatic heterocycles. The van der Waals surface area contributed by atoms with Crippen molar-refractivity contribution in [2.24, 2.45) is 0 Å². The molecule has 1 N–H and O–H groups in total. The second-order valence-corrected chi connectivity index (χ2v) is 2.07. The Morgan fingerprint density at radius 3 is 1.71 bits per heavy atom. The summed E-state index contributed by atoms with van der Waals surface area (Å²) in [7, 11) is -4.33. The van der Waals surface area contributed by atoms with E-state index in [4.69, 9.17) is 4.55 Å². The summed E-state index contributed by atoms with van der Waals surface area (Å²) in [6.07, 6.45) is 0. The molecular weight excluding hydrogens is 280 g/mol. The number of alkyl halides is 1. The fraction of sp³-hybridized carbons (Fsp3) is 1.00. The SMILES string of the molecule is O=S(=O)(O)CF.[Tm]. The Morgan fingerprint density at radius 1 is 1.57 bits per heavy atom. The van der Waals surface area contributed by atoms with E-state index >= 15 is 0 Å². The van der Waals surface area contributed by atoms with Crippen LogP contribution in [-0.2, 0) is 10.1 Å². The van der Waals surface area contributed by atoms with Crippen molar-refractivity contribution in [3.63, 3.8) is 0 Å². The molecule has 0 aromatic rings. The maximum atomic E-state index is 10.7. The molecule has 0 amide bonds. The Bertz CT molecular complexity index is 117. The predicted molar refractivity (Wildman–Crippen MR) is 17.5 cm³/mol. The molecule has 6 heteroatoms. The van der Waals surface area contributed by atoms with Gasteiger partial charge in [-0.1, -0.05) is 0 Å². The van der Waals surface area contributed by atoms with E-state index in [0.29, 0.717) is 0 Å². The van der Waals surface area contributed by atoms with Crippen molar-refractivity contribution in [3.8, 4) is 0 Å². The molecule has 0 atom stereocenters. The van der Waals surface area contributed by atoms with E-state index in [1.807, 2.05) is 0 Å². The summed E-state index contributed by atoms with van der Waals surface area (Å²) < 4.78 is 36.4. The van der Waals surface area contributed by atoms with Crippen LogP contribution in [-0.4, -0.2) is 19.0 Å². The molecule has 0 bridgehead atoms. The first-order valence-corrected chi connectivity index (χ1v) is 2.68. The Balaban J connectivity index is 0. The second-order valence-electron chi connectivity index (χ2n) is 0.691. The fourth-order valence-corrected chi connectivity index (χ4v) is 0. The first kappa shape index (κ1) is 11.0. The third-order valence-corrected chi connectivity index (χ3v) is 0.414. The topological polar surface area (TPSA) is 54.4 Å². The van der Waals surface area contributed by atoms with Gasteiger partial charge in [-0.15, -0.1) is 0 Å². The maximum Gasteiger partial charge on any atom is 0.294 e. The molecule has 0 aliphatic rings. The molecule has 0 saturated carbocycles. The van der Waals surface area contributed by atoms with Gasteiger partial charge in [0.2, 0.25) is 6.01 Å². The summed E-state index contributed by atoms with van der Waals surface area (Å²) in [6, 6.07) is -1.70.